The van der Waals surface area contributed by atoms with Gasteiger partial charge in [0.25, 0.3) is 0 Å². The van der Waals surface area contributed by atoms with Crippen LogP contribution in [0.15, 0.2) is 180 Å². The molecule has 12 rings (SSSR count). The van der Waals surface area contributed by atoms with Crippen molar-refractivity contribution in [2.24, 2.45) is 0 Å². The van der Waals surface area contributed by atoms with Crippen LogP contribution in [0.2, 0.25) is 0 Å². The average Bonchev–Trinajstić information content (AvgIpc) is 3.92. The highest BCUT2D eigenvalue weighted by Crippen LogP contribution is 2.58. The first-order chi connectivity index (χ1) is 26.6. The van der Waals surface area contributed by atoms with Crippen LogP contribution in [-0.2, 0) is 10.8 Å². The van der Waals surface area contributed by atoms with Gasteiger partial charge in [-0.2, -0.15) is 0 Å². The summed E-state index contributed by atoms with van der Waals surface area (Å²) in [5, 5.41) is 4.80. The number of hydrogen-bond donors (Lipinski definition) is 0. The summed E-state index contributed by atoms with van der Waals surface area (Å²) in [5.74, 6) is 0. The molecule has 0 saturated heterocycles. The maximum atomic E-state index is 6.78. The van der Waals surface area contributed by atoms with Crippen molar-refractivity contribution in [1.29, 1.82) is 0 Å². The first-order valence-electron chi connectivity index (χ1n) is 18.9. The van der Waals surface area contributed by atoms with E-state index in [1.54, 1.807) is 0 Å². The van der Waals surface area contributed by atoms with E-state index in [2.05, 4.69) is 194 Å². The molecule has 2 nitrogen and oxygen atoms in total. The molecule has 0 spiro atoms. The molecular formula is C52H35NO. The summed E-state index contributed by atoms with van der Waals surface area (Å²) in [4.78, 5) is 0. The Hall–Kier alpha value is -6.64. The van der Waals surface area contributed by atoms with E-state index in [1.165, 1.54) is 93.9 Å². The molecule has 0 unspecified atom stereocenters. The molecule has 2 heteroatoms. The summed E-state index contributed by atoms with van der Waals surface area (Å²) in [6.45, 7) is 4.66. The van der Waals surface area contributed by atoms with Crippen LogP contribution in [0.25, 0.3) is 71.7 Å². The highest BCUT2D eigenvalue weighted by molar-refractivity contribution is 6.28. The molecule has 10 aromatic rings. The molecule has 0 radical (unpaired) electrons. The number of aromatic nitrogens is 1. The van der Waals surface area contributed by atoms with E-state index in [1.807, 2.05) is 0 Å². The van der Waals surface area contributed by atoms with E-state index in [0.717, 1.165) is 11.2 Å². The minimum Gasteiger partial charge on any atom is -0.456 e. The fourth-order valence-electron chi connectivity index (χ4n) is 10.4. The van der Waals surface area contributed by atoms with E-state index in [9.17, 15) is 0 Å². The highest BCUT2D eigenvalue weighted by atomic mass is 16.3. The highest BCUT2D eigenvalue weighted by Gasteiger charge is 2.47. The molecule has 0 saturated carbocycles. The topological polar surface area (TPSA) is 18.1 Å². The van der Waals surface area contributed by atoms with Crippen molar-refractivity contribution >= 4 is 43.7 Å². The fourth-order valence-corrected chi connectivity index (χ4v) is 10.4. The third kappa shape index (κ3) is 3.60. The van der Waals surface area contributed by atoms with Gasteiger partial charge in [-0.1, -0.05) is 153 Å². The third-order valence-corrected chi connectivity index (χ3v) is 12.7. The van der Waals surface area contributed by atoms with Gasteiger partial charge in [0.1, 0.15) is 11.2 Å². The van der Waals surface area contributed by atoms with Crippen molar-refractivity contribution < 1.29 is 4.42 Å². The van der Waals surface area contributed by atoms with E-state index in [4.69, 9.17) is 4.42 Å². The van der Waals surface area contributed by atoms with Crippen LogP contribution >= 0.6 is 0 Å². The van der Waals surface area contributed by atoms with Crippen LogP contribution in [0.4, 0.5) is 0 Å². The lowest BCUT2D eigenvalue weighted by Crippen LogP contribution is -2.28. The smallest absolute Gasteiger partial charge is 0.136 e. The second-order valence-corrected chi connectivity index (χ2v) is 15.6. The minimum atomic E-state index is -0.471. The van der Waals surface area contributed by atoms with Crippen molar-refractivity contribution in [1.82, 2.24) is 4.57 Å². The lowest BCUT2D eigenvalue weighted by Gasteiger charge is -2.34. The quantitative estimate of drug-likeness (QED) is 0.181. The van der Waals surface area contributed by atoms with Crippen molar-refractivity contribution in [2.75, 3.05) is 0 Å². The predicted molar refractivity (Wildman–Crippen MR) is 223 cm³/mol. The zero-order valence-electron chi connectivity index (χ0n) is 30.1. The average molecular weight is 690 g/mol. The Morgan fingerprint density at radius 1 is 0.426 bits per heavy atom. The van der Waals surface area contributed by atoms with Gasteiger partial charge in [0.2, 0.25) is 0 Å². The number of fused-ring (bicyclic) bond motifs is 13. The molecule has 0 bridgehead atoms. The second-order valence-electron chi connectivity index (χ2n) is 15.6. The summed E-state index contributed by atoms with van der Waals surface area (Å²) < 4.78 is 9.29. The van der Waals surface area contributed by atoms with Crippen LogP contribution in [-0.4, -0.2) is 4.57 Å². The summed E-state index contributed by atoms with van der Waals surface area (Å²) in [6, 6.07) is 65.0. The van der Waals surface area contributed by atoms with Gasteiger partial charge in [0, 0.05) is 32.5 Å². The Morgan fingerprint density at radius 2 is 1.07 bits per heavy atom. The van der Waals surface area contributed by atoms with Crippen LogP contribution in [0.1, 0.15) is 47.2 Å². The van der Waals surface area contributed by atoms with E-state index in [0.29, 0.717) is 0 Å². The number of para-hydroxylation sites is 1. The van der Waals surface area contributed by atoms with Gasteiger partial charge in [-0.15, -0.1) is 0 Å². The molecule has 2 aliphatic carbocycles. The molecule has 54 heavy (non-hydrogen) atoms. The Kier molecular flexibility index (Phi) is 5.81. The molecule has 0 amide bonds. The molecule has 8 aromatic carbocycles. The number of rotatable bonds is 3. The summed E-state index contributed by atoms with van der Waals surface area (Å²) >= 11 is 0. The molecule has 254 valence electrons. The Labute approximate surface area is 313 Å². The van der Waals surface area contributed by atoms with Gasteiger partial charge < -0.3 is 8.98 Å². The van der Waals surface area contributed by atoms with Crippen molar-refractivity contribution in [3.05, 3.63) is 209 Å². The van der Waals surface area contributed by atoms with Gasteiger partial charge in [-0.05, 0) is 86.5 Å². The van der Waals surface area contributed by atoms with Gasteiger partial charge in [-0.3, -0.25) is 0 Å². The second kappa shape index (κ2) is 10.5. The molecular weight excluding hydrogens is 655 g/mol. The number of nitrogens with zero attached hydrogens (tertiary/aromatic N) is 1. The van der Waals surface area contributed by atoms with Crippen LogP contribution < -0.4 is 0 Å². The Balaban J connectivity index is 1.20. The molecule has 0 atom stereocenters. The zero-order chi connectivity index (χ0) is 35.8. The summed E-state index contributed by atoms with van der Waals surface area (Å²) in [6.07, 6.45) is 0. The zero-order valence-corrected chi connectivity index (χ0v) is 30.1. The molecule has 2 heterocycles. The largest absolute Gasteiger partial charge is 0.456 e. The van der Waals surface area contributed by atoms with Gasteiger partial charge >= 0.3 is 0 Å². The molecule has 0 N–H and O–H groups in total. The van der Waals surface area contributed by atoms with Gasteiger partial charge in [0.15, 0.2) is 0 Å². The standard InChI is InChI=1S/C52H35NO/c1-51(2)39-23-12-9-20-34(39)37-30-38-47(31-42(37)51)54-46-29-28-45-49(50(38)46)36-22-11-14-26-43(36)53(45)44-27-15-25-41-48(44)35-21-10-13-24-40(35)52(41,32-16-5-3-6-17-32)33-18-7-4-8-19-33/h3-31H,1-2H3. The fraction of sp³-hybridized carbons (Fsp3) is 0.0769. The summed E-state index contributed by atoms with van der Waals surface area (Å²) in [7, 11) is 0. The molecule has 2 aliphatic rings. The van der Waals surface area contributed by atoms with E-state index in [-0.39, 0.29) is 5.41 Å². The number of hydrogen-bond acceptors (Lipinski definition) is 1. The molecule has 0 fully saturated rings. The SMILES string of the molecule is CC1(C)c2ccccc2-c2cc3c(cc21)oc1ccc2c(c4ccccc4n2-c2cccc4c2-c2ccccc2C4(c2ccccc2)c2ccccc2)c13. The third-order valence-electron chi connectivity index (χ3n) is 12.7. The first-order valence-corrected chi connectivity index (χ1v) is 18.9. The Bertz CT molecular complexity index is 3140. The van der Waals surface area contributed by atoms with Crippen LogP contribution in [0.3, 0.4) is 0 Å². The minimum absolute atomic E-state index is 0.0941. The van der Waals surface area contributed by atoms with E-state index >= 15 is 0 Å². The maximum absolute atomic E-state index is 6.78. The van der Waals surface area contributed by atoms with E-state index < -0.39 is 5.41 Å². The van der Waals surface area contributed by atoms with Crippen molar-refractivity contribution in [3.8, 4) is 27.9 Å². The number of furan rings is 1. The Morgan fingerprint density at radius 3 is 1.85 bits per heavy atom. The lowest BCUT2D eigenvalue weighted by atomic mass is 9.68. The van der Waals surface area contributed by atoms with Crippen molar-refractivity contribution in [3.63, 3.8) is 0 Å². The monoisotopic (exact) mass is 689 g/mol. The van der Waals surface area contributed by atoms with Crippen LogP contribution in [0.5, 0.6) is 0 Å². The lowest BCUT2D eigenvalue weighted by molar-refractivity contribution is 0.647. The first kappa shape index (κ1) is 29.9. The normalized spacial score (nSPS) is 14.8. The van der Waals surface area contributed by atoms with Crippen LogP contribution in [0, 0.1) is 0 Å². The maximum Gasteiger partial charge on any atom is 0.136 e. The number of benzene rings is 8. The van der Waals surface area contributed by atoms with Crippen molar-refractivity contribution in [2.45, 2.75) is 24.7 Å². The molecule has 2 aromatic heterocycles. The predicted octanol–water partition coefficient (Wildman–Crippen LogP) is 13.4. The molecule has 0 aliphatic heterocycles. The van der Waals surface area contributed by atoms with Gasteiger partial charge in [0.05, 0.1) is 22.1 Å². The van der Waals surface area contributed by atoms with Gasteiger partial charge in [-0.25, -0.2) is 0 Å². The summed E-state index contributed by atoms with van der Waals surface area (Å²) in [5.41, 5.74) is 17.9.